The summed E-state index contributed by atoms with van der Waals surface area (Å²) in [5, 5.41) is 3.28. The van der Waals surface area contributed by atoms with Gasteiger partial charge in [0.25, 0.3) is 9.05 Å². The van der Waals surface area contributed by atoms with E-state index in [1.807, 2.05) is 0 Å². The van der Waals surface area contributed by atoms with Gasteiger partial charge in [0.1, 0.15) is 5.69 Å². The lowest BCUT2D eigenvalue weighted by molar-refractivity contribution is -0.155. The molecule has 1 aromatic heterocycles. The van der Waals surface area contributed by atoms with E-state index in [2.05, 4.69) is 20.4 Å². The van der Waals surface area contributed by atoms with Crippen molar-refractivity contribution in [1.82, 2.24) is 5.16 Å². The molecule has 0 aliphatic rings. The maximum Gasteiger partial charge on any atom is 0.452 e. The summed E-state index contributed by atoms with van der Waals surface area (Å²) in [7, 11) is 1.05. The number of halogens is 6. The van der Waals surface area contributed by atoms with Gasteiger partial charge in [0.2, 0.25) is 5.76 Å². The molecule has 146 valence electrons. The number of nitrogens with zero attached hydrogens (tertiary/aromatic N) is 1. The first kappa shape index (κ1) is 23.0. The van der Waals surface area contributed by atoms with Crippen molar-refractivity contribution in [2.75, 3.05) is 0 Å². The van der Waals surface area contributed by atoms with Gasteiger partial charge in [-0.05, 0) is 24.6 Å². The number of hydrogen-bond acceptors (Lipinski definition) is 6. The molecular formula is C11H7Cl3F3NO6S2. The van der Waals surface area contributed by atoms with Crippen LogP contribution in [0.15, 0.2) is 27.6 Å². The van der Waals surface area contributed by atoms with E-state index in [9.17, 15) is 21.6 Å². The smallest absolute Gasteiger partial charge is 0.351 e. The summed E-state index contributed by atoms with van der Waals surface area (Å²) in [5.41, 5.74) is -0.00655. The number of aromatic nitrogens is 1. The standard InChI is InChI=1S/C11H6Cl2F3NO3S.ClHO3S/c1-5-2-7(12)6(3-9(5)21(13,18)19)8-4-10(20-17-8)11(14,15)16;1-5(2,3)4/h2-4H,1H3;(H,2,3,4). The summed E-state index contributed by atoms with van der Waals surface area (Å²) in [5.74, 6) is -1.32. The second kappa shape index (κ2) is 7.90. The predicted octanol–water partition coefficient (Wildman–Crippen LogP) is 4.28. The van der Waals surface area contributed by atoms with Crippen LogP contribution in [0.25, 0.3) is 11.3 Å². The largest absolute Gasteiger partial charge is 0.452 e. The Hall–Kier alpha value is -1.05. The zero-order valence-corrected chi connectivity index (χ0v) is 16.2. The molecule has 0 aliphatic carbocycles. The SMILES string of the molecule is Cc1cc(Cl)c(-c2cc(C(F)(F)F)on2)cc1S(=O)(=O)Cl.O=S(=O)(O)Cl. The van der Waals surface area contributed by atoms with Crippen molar-refractivity contribution in [2.45, 2.75) is 18.0 Å². The topological polar surface area (TPSA) is 115 Å². The highest BCUT2D eigenvalue weighted by Crippen LogP contribution is 2.36. The number of rotatable bonds is 2. The Labute approximate surface area is 159 Å². The van der Waals surface area contributed by atoms with Crippen LogP contribution < -0.4 is 0 Å². The number of aryl methyl sites for hydroxylation is 1. The van der Waals surface area contributed by atoms with Crippen LogP contribution >= 0.6 is 33.0 Å². The third-order valence-electron chi connectivity index (χ3n) is 2.59. The van der Waals surface area contributed by atoms with Gasteiger partial charge in [0.15, 0.2) is 0 Å². The van der Waals surface area contributed by atoms with Crippen LogP contribution in [0.5, 0.6) is 0 Å². The molecule has 0 amide bonds. The molecule has 1 N–H and O–H groups in total. The first-order valence-electron chi connectivity index (χ1n) is 5.96. The fourth-order valence-electron chi connectivity index (χ4n) is 1.65. The van der Waals surface area contributed by atoms with Gasteiger partial charge >= 0.3 is 15.5 Å². The van der Waals surface area contributed by atoms with Crippen molar-refractivity contribution in [2.24, 2.45) is 0 Å². The number of benzene rings is 1. The fraction of sp³-hybridized carbons (Fsp3) is 0.182. The van der Waals surface area contributed by atoms with Crippen LogP contribution in [0, 0.1) is 6.92 Å². The van der Waals surface area contributed by atoms with Crippen molar-refractivity contribution in [3.8, 4) is 11.3 Å². The lowest BCUT2D eigenvalue weighted by Crippen LogP contribution is -2.02. The Kier molecular flexibility index (Phi) is 6.99. The minimum Gasteiger partial charge on any atom is -0.351 e. The van der Waals surface area contributed by atoms with E-state index in [1.165, 1.54) is 13.0 Å². The first-order valence-corrected chi connectivity index (χ1v) is 10.9. The predicted molar refractivity (Wildman–Crippen MR) is 87.1 cm³/mol. The van der Waals surface area contributed by atoms with E-state index in [0.29, 0.717) is 6.07 Å². The summed E-state index contributed by atoms with van der Waals surface area (Å²) in [6.45, 7) is 1.45. The Morgan fingerprint density at radius 1 is 1.12 bits per heavy atom. The molecule has 0 unspecified atom stereocenters. The van der Waals surface area contributed by atoms with E-state index in [4.69, 9.17) is 35.3 Å². The maximum absolute atomic E-state index is 12.5. The quantitative estimate of drug-likeness (QED) is 0.508. The number of alkyl halides is 3. The maximum atomic E-state index is 12.5. The van der Waals surface area contributed by atoms with Crippen LogP contribution in [0.1, 0.15) is 11.3 Å². The molecule has 0 saturated carbocycles. The molecular weight excluding hydrogens is 470 g/mol. The highest BCUT2D eigenvalue weighted by molar-refractivity contribution is 8.13. The molecule has 0 saturated heterocycles. The summed E-state index contributed by atoms with van der Waals surface area (Å²) in [6, 6.07) is 2.95. The molecule has 2 rings (SSSR count). The lowest BCUT2D eigenvalue weighted by Gasteiger charge is -2.06. The van der Waals surface area contributed by atoms with Gasteiger partial charge in [-0.3, -0.25) is 4.55 Å². The Morgan fingerprint density at radius 3 is 2.00 bits per heavy atom. The molecule has 7 nitrogen and oxygen atoms in total. The van der Waals surface area contributed by atoms with E-state index in [0.717, 1.165) is 6.07 Å². The van der Waals surface area contributed by atoms with Crippen LogP contribution in [0.4, 0.5) is 13.2 Å². The molecule has 0 bridgehead atoms. The molecule has 0 radical (unpaired) electrons. The van der Waals surface area contributed by atoms with E-state index in [-0.39, 0.29) is 26.7 Å². The van der Waals surface area contributed by atoms with E-state index in [1.54, 1.807) is 0 Å². The molecule has 0 aliphatic heterocycles. The van der Waals surface area contributed by atoms with Gasteiger partial charge in [-0.25, -0.2) is 8.42 Å². The molecule has 0 spiro atoms. The van der Waals surface area contributed by atoms with Crippen molar-refractivity contribution in [1.29, 1.82) is 0 Å². The Morgan fingerprint density at radius 2 is 1.62 bits per heavy atom. The minimum atomic E-state index is -4.70. The molecule has 26 heavy (non-hydrogen) atoms. The minimum absolute atomic E-state index is 0.0265. The monoisotopic (exact) mass is 475 g/mol. The highest BCUT2D eigenvalue weighted by atomic mass is 35.7. The first-order chi connectivity index (χ1) is 11.5. The van der Waals surface area contributed by atoms with Crippen molar-refractivity contribution < 1.29 is 39.1 Å². The van der Waals surface area contributed by atoms with Gasteiger partial charge in [-0.1, -0.05) is 16.8 Å². The van der Waals surface area contributed by atoms with E-state index < -0.39 is 30.3 Å². The van der Waals surface area contributed by atoms with E-state index >= 15 is 0 Å². The lowest BCUT2D eigenvalue weighted by atomic mass is 10.1. The molecule has 1 aromatic carbocycles. The fourth-order valence-corrected chi connectivity index (χ4v) is 3.16. The molecule has 15 heteroatoms. The van der Waals surface area contributed by atoms with Gasteiger partial charge in [-0.2, -0.15) is 21.6 Å². The summed E-state index contributed by atoms with van der Waals surface area (Å²) in [4.78, 5) is -0.264. The third-order valence-corrected chi connectivity index (χ3v) is 4.37. The van der Waals surface area contributed by atoms with Crippen LogP contribution in [0.3, 0.4) is 0 Å². The van der Waals surface area contributed by atoms with Gasteiger partial charge in [0, 0.05) is 33.0 Å². The molecule has 1 heterocycles. The third kappa shape index (κ3) is 6.93. The Bertz CT molecular complexity index is 1010. The average molecular weight is 477 g/mol. The van der Waals surface area contributed by atoms with Crippen molar-refractivity contribution in [3.05, 3.63) is 34.5 Å². The number of hydrogen-bond donors (Lipinski definition) is 1. The van der Waals surface area contributed by atoms with Gasteiger partial charge < -0.3 is 4.52 Å². The zero-order chi connectivity index (χ0) is 20.5. The zero-order valence-electron chi connectivity index (χ0n) is 12.3. The summed E-state index contributed by atoms with van der Waals surface area (Å²) >= 11 is 5.91. The average Bonchev–Trinajstić information content (AvgIpc) is 2.84. The van der Waals surface area contributed by atoms with Crippen molar-refractivity contribution >= 4 is 51.3 Å². The van der Waals surface area contributed by atoms with Gasteiger partial charge in [-0.15, -0.1) is 0 Å². The van der Waals surface area contributed by atoms with Crippen molar-refractivity contribution in [3.63, 3.8) is 0 Å². The molecule has 2 aromatic rings. The normalized spacial score (nSPS) is 12.5. The summed E-state index contributed by atoms with van der Waals surface area (Å²) < 4.78 is 89.6. The van der Waals surface area contributed by atoms with Gasteiger partial charge in [0.05, 0.1) is 9.92 Å². The Balaban J connectivity index is 0.000000597. The summed E-state index contributed by atoms with van der Waals surface area (Å²) in [6.07, 6.45) is -4.70. The molecule has 0 atom stereocenters. The highest BCUT2D eigenvalue weighted by Gasteiger charge is 2.36. The van der Waals surface area contributed by atoms with Crippen LogP contribution in [-0.4, -0.2) is 26.5 Å². The second-order valence-corrected chi connectivity index (χ2v) is 9.46. The van der Waals surface area contributed by atoms with Crippen LogP contribution in [-0.2, 0) is 24.6 Å². The van der Waals surface area contributed by atoms with Crippen LogP contribution in [0.2, 0.25) is 5.02 Å². The second-order valence-electron chi connectivity index (χ2n) is 4.52. The molecule has 0 fully saturated rings.